The van der Waals surface area contributed by atoms with Crippen molar-refractivity contribution in [1.82, 2.24) is 29.6 Å². The van der Waals surface area contributed by atoms with E-state index in [9.17, 15) is 9.59 Å². The van der Waals surface area contributed by atoms with Crippen molar-refractivity contribution in [2.75, 3.05) is 26.3 Å². The molecule has 0 aliphatic carbocycles. The fraction of sp³-hybridized carbons (Fsp3) is 0.583. The first-order chi connectivity index (χ1) is 10.6. The summed E-state index contributed by atoms with van der Waals surface area (Å²) in [5.74, 6) is 0. The second-order valence-corrected chi connectivity index (χ2v) is 4.65. The monoisotopic (exact) mass is 310 g/mol. The van der Waals surface area contributed by atoms with Gasteiger partial charge >= 0.3 is 11.7 Å². The summed E-state index contributed by atoms with van der Waals surface area (Å²) in [6, 6.07) is -0.00888. The van der Waals surface area contributed by atoms with Gasteiger partial charge in [-0.15, -0.1) is 5.10 Å². The van der Waals surface area contributed by atoms with Gasteiger partial charge in [0, 0.05) is 20.6 Å². The lowest BCUT2D eigenvalue weighted by atomic mass is 10.4. The first kappa shape index (κ1) is 16.0. The molecule has 0 atom stereocenters. The van der Waals surface area contributed by atoms with E-state index < -0.39 is 11.2 Å². The Kier molecular flexibility index (Phi) is 5.17. The van der Waals surface area contributed by atoms with Gasteiger partial charge in [0.25, 0.3) is 5.56 Å². The van der Waals surface area contributed by atoms with Crippen LogP contribution < -0.4 is 21.3 Å². The second kappa shape index (κ2) is 7.09. The van der Waals surface area contributed by atoms with Crippen molar-refractivity contribution in [2.24, 2.45) is 14.1 Å². The molecule has 2 aromatic rings. The third-order valence-corrected chi connectivity index (χ3v) is 3.07. The number of aromatic nitrogens is 5. The van der Waals surface area contributed by atoms with Crippen molar-refractivity contribution in [2.45, 2.75) is 6.42 Å². The third kappa shape index (κ3) is 3.28. The summed E-state index contributed by atoms with van der Waals surface area (Å²) < 4.78 is 7.50. The molecule has 0 unspecified atom stereocenters. The first-order valence-electron chi connectivity index (χ1n) is 6.81. The van der Waals surface area contributed by atoms with Gasteiger partial charge in [0.05, 0.1) is 13.2 Å². The molecule has 0 radical (unpaired) electrons. The number of aliphatic hydroxyl groups excluding tert-OH is 1. The lowest BCUT2D eigenvalue weighted by Gasteiger charge is -2.07. The largest absolute Gasteiger partial charge is 0.462 e. The summed E-state index contributed by atoms with van der Waals surface area (Å²) in [5, 5.41) is 19.2. The van der Waals surface area contributed by atoms with E-state index in [0.29, 0.717) is 26.1 Å². The topological polar surface area (TPSA) is 124 Å². The van der Waals surface area contributed by atoms with Crippen molar-refractivity contribution in [3.05, 3.63) is 20.8 Å². The molecular weight excluding hydrogens is 292 g/mol. The Morgan fingerprint density at radius 1 is 1.18 bits per heavy atom. The summed E-state index contributed by atoms with van der Waals surface area (Å²) in [6.07, 6.45) is 0.687. The Balaban J connectivity index is 2.14. The highest BCUT2D eigenvalue weighted by molar-refractivity contribution is 5.67. The minimum Gasteiger partial charge on any atom is -0.462 e. The van der Waals surface area contributed by atoms with Crippen LogP contribution >= 0.6 is 0 Å². The minimum atomic E-state index is -0.539. The number of ether oxygens (including phenoxy) is 1. The van der Waals surface area contributed by atoms with Crippen LogP contribution in [-0.2, 0) is 14.1 Å². The highest BCUT2D eigenvalue weighted by Gasteiger charge is 2.13. The zero-order chi connectivity index (χ0) is 16.1. The molecule has 0 spiro atoms. The highest BCUT2D eigenvalue weighted by atomic mass is 16.5. The molecule has 2 N–H and O–H groups in total. The van der Waals surface area contributed by atoms with Crippen molar-refractivity contribution in [3.63, 3.8) is 0 Å². The zero-order valence-electron chi connectivity index (χ0n) is 12.4. The molecule has 22 heavy (non-hydrogen) atoms. The standard InChI is InChI=1S/C12H18N6O4/c1-17-9-8(10(20)18(2)12(17)21)14-11(16-15-9)22-7-3-4-13-5-6-19/h13,19H,3-7H2,1-2H3. The molecule has 0 fully saturated rings. The quantitative estimate of drug-likeness (QED) is 0.551. The van der Waals surface area contributed by atoms with Gasteiger partial charge < -0.3 is 15.2 Å². The third-order valence-electron chi connectivity index (χ3n) is 3.07. The van der Waals surface area contributed by atoms with Crippen LogP contribution in [0.25, 0.3) is 11.2 Å². The maximum atomic E-state index is 12.0. The van der Waals surface area contributed by atoms with Crippen molar-refractivity contribution in [3.8, 4) is 6.01 Å². The number of aliphatic hydroxyl groups is 1. The molecule has 0 saturated heterocycles. The van der Waals surface area contributed by atoms with Gasteiger partial charge in [0.15, 0.2) is 11.2 Å². The Morgan fingerprint density at radius 2 is 1.95 bits per heavy atom. The maximum absolute atomic E-state index is 12.0. The van der Waals surface area contributed by atoms with Crippen LogP contribution in [0.4, 0.5) is 0 Å². The number of hydrogen-bond donors (Lipinski definition) is 2. The number of hydrogen-bond acceptors (Lipinski definition) is 8. The predicted octanol–water partition coefficient (Wildman–Crippen LogP) is -2.23. The Hall–Kier alpha value is -2.33. The summed E-state index contributed by atoms with van der Waals surface area (Å²) in [6.45, 7) is 1.63. The molecule has 0 saturated carbocycles. The van der Waals surface area contributed by atoms with Crippen LogP contribution in [0.1, 0.15) is 6.42 Å². The van der Waals surface area contributed by atoms with Crippen molar-refractivity contribution < 1.29 is 9.84 Å². The van der Waals surface area contributed by atoms with Gasteiger partial charge in [-0.3, -0.25) is 13.9 Å². The van der Waals surface area contributed by atoms with Crippen molar-refractivity contribution in [1.29, 1.82) is 0 Å². The van der Waals surface area contributed by atoms with Crippen LogP contribution in [-0.4, -0.2) is 55.7 Å². The van der Waals surface area contributed by atoms with E-state index in [1.165, 1.54) is 18.7 Å². The summed E-state index contributed by atoms with van der Waals surface area (Å²) in [5.41, 5.74) is -0.877. The fourth-order valence-corrected chi connectivity index (χ4v) is 1.86. The molecule has 0 aromatic carbocycles. The van der Waals surface area contributed by atoms with Crippen LogP contribution in [0.3, 0.4) is 0 Å². The summed E-state index contributed by atoms with van der Waals surface area (Å²) in [7, 11) is 2.87. The zero-order valence-corrected chi connectivity index (χ0v) is 12.4. The van der Waals surface area contributed by atoms with Gasteiger partial charge in [-0.1, -0.05) is 5.10 Å². The molecule has 2 aromatic heterocycles. The fourth-order valence-electron chi connectivity index (χ4n) is 1.86. The van der Waals surface area contributed by atoms with E-state index in [-0.39, 0.29) is 23.8 Å². The van der Waals surface area contributed by atoms with Gasteiger partial charge in [-0.2, -0.15) is 4.98 Å². The number of aryl methyl sites for hydroxylation is 1. The SMILES string of the molecule is Cn1c(=O)c2nc(OCCCNCCO)nnc2n(C)c1=O. The highest BCUT2D eigenvalue weighted by Crippen LogP contribution is 2.05. The van der Waals surface area contributed by atoms with Gasteiger partial charge in [0.1, 0.15) is 0 Å². The molecule has 0 aliphatic heterocycles. The Bertz CT molecular complexity index is 769. The number of nitrogens with zero attached hydrogens (tertiary/aromatic N) is 5. The van der Waals surface area contributed by atoms with Crippen LogP contribution in [0, 0.1) is 0 Å². The number of fused-ring (bicyclic) bond motifs is 1. The second-order valence-electron chi connectivity index (χ2n) is 4.65. The molecule has 0 bridgehead atoms. The summed E-state index contributed by atoms with van der Waals surface area (Å²) >= 11 is 0. The molecule has 0 amide bonds. The van der Waals surface area contributed by atoms with E-state index in [4.69, 9.17) is 9.84 Å². The Labute approximate surface area is 125 Å². The molecular formula is C12H18N6O4. The van der Waals surface area contributed by atoms with E-state index in [1.54, 1.807) is 0 Å². The lowest BCUT2D eigenvalue weighted by molar-refractivity contribution is 0.271. The van der Waals surface area contributed by atoms with Crippen LogP contribution in [0.2, 0.25) is 0 Å². The number of rotatable bonds is 7. The molecule has 2 heterocycles. The van der Waals surface area contributed by atoms with E-state index in [2.05, 4.69) is 20.5 Å². The van der Waals surface area contributed by atoms with E-state index >= 15 is 0 Å². The normalized spacial score (nSPS) is 11.0. The summed E-state index contributed by atoms with van der Waals surface area (Å²) in [4.78, 5) is 27.8. The Morgan fingerprint density at radius 3 is 2.68 bits per heavy atom. The molecule has 0 aliphatic rings. The van der Waals surface area contributed by atoms with Crippen molar-refractivity contribution >= 4 is 11.2 Å². The first-order valence-corrected chi connectivity index (χ1v) is 6.81. The molecule has 10 nitrogen and oxygen atoms in total. The molecule has 120 valence electrons. The smallest absolute Gasteiger partial charge is 0.336 e. The van der Waals surface area contributed by atoms with Crippen LogP contribution in [0.15, 0.2) is 9.59 Å². The molecule has 10 heteroatoms. The molecule has 2 rings (SSSR count). The predicted molar refractivity (Wildman–Crippen MR) is 77.9 cm³/mol. The average Bonchev–Trinajstić information content (AvgIpc) is 2.54. The van der Waals surface area contributed by atoms with Gasteiger partial charge in [-0.05, 0) is 13.0 Å². The van der Waals surface area contributed by atoms with Gasteiger partial charge in [0.2, 0.25) is 0 Å². The minimum absolute atomic E-state index is 0.00888. The average molecular weight is 310 g/mol. The lowest BCUT2D eigenvalue weighted by Crippen LogP contribution is -2.37. The van der Waals surface area contributed by atoms with E-state index in [0.717, 1.165) is 4.57 Å². The van der Waals surface area contributed by atoms with Crippen LogP contribution in [0.5, 0.6) is 6.01 Å². The maximum Gasteiger partial charge on any atom is 0.336 e. The van der Waals surface area contributed by atoms with E-state index in [1.807, 2.05) is 0 Å². The van der Waals surface area contributed by atoms with Gasteiger partial charge in [-0.25, -0.2) is 4.79 Å². The number of nitrogens with one attached hydrogen (secondary N) is 1.